The molecular weight excluding hydrogens is 228 g/mol. The van der Waals surface area contributed by atoms with Gasteiger partial charge in [0.05, 0.1) is 0 Å². The van der Waals surface area contributed by atoms with Crippen LogP contribution in [0.1, 0.15) is 32.3 Å². The molecule has 0 aliphatic carbocycles. The van der Waals surface area contributed by atoms with Gasteiger partial charge in [0.1, 0.15) is 5.60 Å². The number of hydrogen-bond donors (Lipinski definition) is 1. The van der Waals surface area contributed by atoms with Crippen LogP contribution < -0.4 is 0 Å². The van der Waals surface area contributed by atoms with Gasteiger partial charge < -0.3 is 9.84 Å². The van der Waals surface area contributed by atoms with Gasteiger partial charge in [0.15, 0.2) is 5.92 Å². The minimum absolute atomic E-state index is 0.465. The molecule has 0 aliphatic rings. The summed E-state index contributed by atoms with van der Waals surface area (Å²) in [6.07, 6.45) is 0. The van der Waals surface area contributed by atoms with Gasteiger partial charge in [-0.2, -0.15) is 11.3 Å². The maximum absolute atomic E-state index is 11.7. The van der Waals surface area contributed by atoms with E-state index in [1.807, 2.05) is 0 Å². The zero-order valence-electron chi connectivity index (χ0n) is 9.39. The molecule has 0 bridgehead atoms. The second-order valence-electron chi connectivity index (χ2n) is 4.36. The Balaban J connectivity index is 2.88. The summed E-state index contributed by atoms with van der Waals surface area (Å²) in [5.74, 6) is -3.14. The highest BCUT2D eigenvalue weighted by atomic mass is 32.1. The summed E-state index contributed by atoms with van der Waals surface area (Å²) >= 11 is 1.35. The third-order valence-corrected chi connectivity index (χ3v) is 2.47. The number of carbonyl (C=O) groups is 2. The van der Waals surface area contributed by atoms with Crippen LogP contribution in [0.5, 0.6) is 0 Å². The van der Waals surface area contributed by atoms with Crippen LogP contribution in [0.4, 0.5) is 0 Å². The second-order valence-corrected chi connectivity index (χ2v) is 5.14. The molecule has 0 fully saturated rings. The third-order valence-electron chi connectivity index (χ3n) is 1.77. The summed E-state index contributed by atoms with van der Waals surface area (Å²) in [5, 5.41) is 12.4. The number of thiophene rings is 1. The zero-order valence-corrected chi connectivity index (χ0v) is 10.2. The largest absolute Gasteiger partial charge is 0.480 e. The molecule has 0 radical (unpaired) electrons. The lowest BCUT2D eigenvalue weighted by molar-refractivity contribution is -0.162. The van der Waals surface area contributed by atoms with E-state index < -0.39 is 23.5 Å². The van der Waals surface area contributed by atoms with Crippen molar-refractivity contribution in [1.82, 2.24) is 0 Å². The molecule has 1 aromatic heterocycles. The molecule has 0 aromatic carbocycles. The van der Waals surface area contributed by atoms with E-state index in [1.54, 1.807) is 37.6 Å². The van der Waals surface area contributed by atoms with Gasteiger partial charge >= 0.3 is 11.9 Å². The highest BCUT2D eigenvalue weighted by molar-refractivity contribution is 7.08. The molecule has 1 atom stereocenters. The number of hydrogen-bond acceptors (Lipinski definition) is 4. The second kappa shape index (κ2) is 4.65. The van der Waals surface area contributed by atoms with Gasteiger partial charge in [0.2, 0.25) is 0 Å². The molecular formula is C11H14O4S. The van der Waals surface area contributed by atoms with Crippen LogP contribution in [0, 0.1) is 0 Å². The SMILES string of the molecule is CC(C)(C)OC(=O)C(C(=O)O)c1ccsc1. The number of esters is 1. The highest BCUT2D eigenvalue weighted by Gasteiger charge is 2.32. The van der Waals surface area contributed by atoms with Gasteiger partial charge in [-0.25, -0.2) is 0 Å². The fourth-order valence-corrected chi connectivity index (χ4v) is 1.87. The lowest BCUT2D eigenvalue weighted by atomic mass is 10.0. The van der Waals surface area contributed by atoms with Crippen molar-refractivity contribution in [3.05, 3.63) is 22.4 Å². The standard InChI is InChI=1S/C11H14O4S/c1-11(2,3)15-10(14)8(9(12)13)7-4-5-16-6-7/h4-6,8H,1-3H3,(H,12,13). The Morgan fingerprint density at radius 1 is 1.44 bits per heavy atom. The van der Waals surface area contributed by atoms with E-state index in [2.05, 4.69) is 0 Å². The van der Waals surface area contributed by atoms with Gasteiger partial charge in [-0.15, -0.1) is 0 Å². The van der Waals surface area contributed by atoms with Gasteiger partial charge in [-0.3, -0.25) is 9.59 Å². The normalized spacial score (nSPS) is 13.2. The number of rotatable bonds is 3. The summed E-state index contributed by atoms with van der Waals surface area (Å²) in [5.41, 5.74) is -0.215. The minimum atomic E-state index is -1.23. The molecule has 0 aliphatic heterocycles. The predicted molar refractivity (Wildman–Crippen MR) is 60.5 cm³/mol. The third kappa shape index (κ3) is 3.34. The van der Waals surface area contributed by atoms with Gasteiger partial charge in [0, 0.05) is 0 Å². The lowest BCUT2D eigenvalue weighted by Crippen LogP contribution is -2.31. The fourth-order valence-electron chi connectivity index (χ4n) is 1.18. The van der Waals surface area contributed by atoms with E-state index in [-0.39, 0.29) is 0 Å². The van der Waals surface area contributed by atoms with Crippen molar-refractivity contribution >= 4 is 23.3 Å². The Labute approximate surface area is 97.9 Å². The van der Waals surface area contributed by atoms with Crippen LogP contribution in [0.3, 0.4) is 0 Å². The molecule has 4 nitrogen and oxygen atoms in total. The fraction of sp³-hybridized carbons (Fsp3) is 0.455. The van der Waals surface area contributed by atoms with E-state index in [0.717, 1.165) is 0 Å². The van der Waals surface area contributed by atoms with Crippen molar-refractivity contribution in [3.8, 4) is 0 Å². The Morgan fingerprint density at radius 2 is 2.06 bits per heavy atom. The van der Waals surface area contributed by atoms with Gasteiger partial charge in [-0.1, -0.05) is 0 Å². The first-order valence-corrected chi connectivity index (χ1v) is 5.73. The average molecular weight is 242 g/mol. The monoisotopic (exact) mass is 242 g/mol. The minimum Gasteiger partial charge on any atom is -0.480 e. The van der Waals surface area contributed by atoms with E-state index >= 15 is 0 Å². The Hall–Kier alpha value is -1.36. The van der Waals surface area contributed by atoms with Crippen LogP contribution in [-0.2, 0) is 14.3 Å². The van der Waals surface area contributed by atoms with Gasteiger partial charge in [0.25, 0.3) is 0 Å². The molecule has 1 aromatic rings. The van der Waals surface area contributed by atoms with Crippen molar-refractivity contribution in [3.63, 3.8) is 0 Å². The topological polar surface area (TPSA) is 63.6 Å². The van der Waals surface area contributed by atoms with Crippen molar-refractivity contribution in [2.75, 3.05) is 0 Å². The Bertz CT molecular complexity index is 375. The maximum Gasteiger partial charge on any atom is 0.325 e. The number of aliphatic carboxylic acids is 1. The molecule has 1 N–H and O–H groups in total. The van der Waals surface area contributed by atoms with Crippen molar-refractivity contribution < 1.29 is 19.4 Å². The maximum atomic E-state index is 11.7. The first-order chi connectivity index (χ1) is 7.31. The molecule has 88 valence electrons. The molecule has 1 rings (SSSR count). The van der Waals surface area contributed by atoms with Gasteiger partial charge in [-0.05, 0) is 43.2 Å². The van der Waals surface area contributed by atoms with Crippen LogP contribution in [0.25, 0.3) is 0 Å². The number of carbonyl (C=O) groups excluding carboxylic acids is 1. The van der Waals surface area contributed by atoms with E-state index in [1.165, 1.54) is 11.3 Å². The zero-order chi connectivity index (χ0) is 12.3. The van der Waals surface area contributed by atoms with E-state index in [9.17, 15) is 9.59 Å². The smallest absolute Gasteiger partial charge is 0.325 e. The molecule has 0 amide bonds. The molecule has 0 spiro atoms. The van der Waals surface area contributed by atoms with E-state index in [0.29, 0.717) is 5.56 Å². The lowest BCUT2D eigenvalue weighted by Gasteiger charge is -2.21. The number of carboxylic acids is 1. The Kier molecular flexibility index (Phi) is 3.70. The molecule has 5 heteroatoms. The Morgan fingerprint density at radius 3 is 2.44 bits per heavy atom. The predicted octanol–water partition coefficient (Wildman–Crippen LogP) is 2.26. The van der Waals surface area contributed by atoms with Crippen molar-refractivity contribution in [2.45, 2.75) is 32.3 Å². The quantitative estimate of drug-likeness (QED) is 0.652. The summed E-state index contributed by atoms with van der Waals surface area (Å²) in [6.45, 7) is 5.12. The van der Waals surface area contributed by atoms with Crippen LogP contribution in [0.2, 0.25) is 0 Å². The summed E-state index contributed by atoms with van der Waals surface area (Å²) in [6, 6.07) is 1.62. The van der Waals surface area contributed by atoms with Crippen molar-refractivity contribution in [1.29, 1.82) is 0 Å². The molecule has 1 heterocycles. The molecule has 1 unspecified atom stereocenters. The van der Waals surface area contributed by atoms with E-state index in [4.69, 9.17) is 9.84 Å². The van der Waals surface area contributed by atoms with Crippen LogP contribution in [0.15, 0.2) is 16.8 Å². The summed E-state index contributed by atoms with van der Waals surface area (Å²) in [4.78, 5) is 22.7. The molecule has 16 heavy (non-hydrogen) atoms. The summed E-state index contributed by atoms with van der Waals surface area (Å²) in [7, 11) is 0. The highest BCUT2D eigenvalue weighted by Crippen LogP contribution is 2.23. The first kappa shape index (κ1) is 12.7. The van der Waals surface area contributed by atoms with Crippen molar-refractivity contribution in [2.24, 2.45) is 0 Å². The van der Waals surface area contributed by atoms with Crippen LogP contribution >= 0.6 is 11.3 Å². The number of carboxylic acid groups (broad SMARTS) is 1. The first-order valence-electron chi connectivity index (χ1n) is 4.79. The van der Waals surface area contributed by atoms with Crippen LogP contribution in [-0.4, -0.2) is 22.6 Å². The average Bonchev–Trinajstić information content (AvgIpc) is 2.52. The molecule has 0 saturated heterocycles. The summed E-state index contributed by atoms with van der Waals surface area (Å²) < 4.78 is 5.07. The molecule has 0 saturated carbocycles. The number of ether oxygens (including phenoxy) is 1.